The Morgan fingerprint density at radius 2 is 1.00 bits per heavy atom. The Hall–Kier alpha value is -3.88. The number of halogens is 1. The Bertz CT molecular complexity index is 1860. The van der Waals surface area contributed by atoms with Gasteiger partial charge in [0.1, 0.15) is 11.2 Å². The van der Waals surface area contributed by atoms with Gasteiger partial charge in [-0.15, -0.1) is 0 Å². The summed E-state index contributed by atoms with van der Waals surface area (Å²) < 4.78 is 7.30. The van der Waals surface area contributed by atoms with Gasteiger partial charge in [-0.2, -0.15) is 0 Å². The molecule has 0 atom stereocenters. The van der Waals surface area contributed by atoms with E-state index in [0.717, 1.165) is 32.0 Å². The first-order valence-corrected chi connectivity index (χ1v) is 12.2. The van der Waals surface area contributed by atoms with Gasteiger partial charge in [0.25, 0.3) is 0 Å². The zero-order valence-corrected chi connectivity index (χ0v) is 19.8. The van der Waals surface area contributed by atoms with Crippen molar-refractivity contribution in [3.05, 3.63) is 120 Å². The van der Waals surface area contributed by atoms with Crippen LogP contribution in [0.4, 0.5) is 0 Å². The number of hydrogen-bond donors (Lipinski definition) is 0. The molecule has 0 aliphatic rings. The summed E-state index contributed by atoms with van der Waals surface area (Å²) in [4.78, 5) is 0. The molecule has 0 saturated carbocycles. The molecule has 1 heterocycles. The second-order valence-corrected chi connectivity index (χ2v) is 9.46. The molecule has 2 heteroatoms. The minimum atomic E-state index is 0.918. The van der Waals surface area contributed by atoms with Crippen molar-refractivity contribution in [3.63, 3.8) is 0 Å². The molecule has 7 rings (SSSR count). The second-order valence-electron chi connectivity index (χ2n) is 8.67. The topological polar surface area (TPSA) is 13.1 Å². The monoisotopic (exact) mass is 498 g/mol. The van der Waals surface area contributed by atoms with E-state index in [4.69, 9.17) is 4.42 Å². The van der Waals surface area contributed by atoms with Gasteiger partial charge in [0.05, 0.1) is 0 Å². The molecule has 0 amide bonds. The first-order valence-electron chi connectivity index (χ1n) is 11.4. The van der Waals surface area contributed by atoms with Gasteiger partial charge in [-0.1, -0.05) is 91.0 Å². The van der Waals surface area contributed by atoms with E-state index in [-0.39, 0.29) is 0 Å². The second kappa shape index (κ2) is 7.58. The summed E-state index contributed by atoms with van der Waals surface area (Å²) in [5.74, 6) is 0. The largest absolute Gasteiger partial charge is 0.456 e. The van der Waals surface area contributed by atoms with Gasteiger partial charge in [0.2, 0.25) is 0 Å². The lowest BCUT2D eigenvalue weighted by Gasteiger charge is -2.15. The third kappa shape index (κ3) is 2.92. The quantitative estimate of drug-likeness (QED) is 0.216. The van der Waals surface area contributed by atoms with Crippen LogP contribution in [0.5, 0.6) is 0 Å². The summed E-state index contributed by atoms with van der Waals surface area (Å²) in [6, 6.07) is 40.8. The van der Waals surface area contributed by atoms with Crippen LogP contribution in [0.15, 0.2) is 124 Å². The van der Waals surface area contributed by atoms with Crippen LogP contribution in [0.2, 0.25) is 0 Å². The Labute approximate surface area is 205 Å². The van der Waals surface area contributed by atoms with Gasteiger partial charge < -0.3 is 4.42 Å². The van der Waals surface area contributed by atoms with Crippen molar-refractivity contribution >= 4 is 59.4 Å². The third-order valence-electron chi connectivity index (χ3n) is 6.73. The lowest BCUT2D eigenvalue weighted by atomic mass is 9.90. The fraction of sp³-hybridized carbons (Fsp3) is 0. The molecule has 1 aromatic heterocycles. The third-order valence-corrected chi connectivity index (χ3v) is 7.59. The first-order chi connectivity index (χ1) is 16.8. The summed E-state index contributed by atoms with van der Waals surface area (Å²) in [5.41, 5.74) is 6.66. The van der Waals surface area contributed by atoms with Crippen molar-refractivity contribution in [1.82, 2.24) is 0 Å². The van der Waals surface area contributed by atoms with Gasteiger partial charge in [-0.25, -0.2) is 0 Å². The van der Waals surface area contributed by atoms with E-state index >= 15 is 0 Å². The van der Waals surface area contributed by atoms with Gasteiger partial charge in [0.15, 0.2) is 0 Å². The summed E-state index contributed by atoms with van der Waals surface area (Å²) in [6.45, 7) is 0. The van der Waals surface area contributed by atoms with Gasteiger partial charge in [-0.05, 0) is 84.0 Å². The van der Waals surface area contributed by atoms with Crippen LogP contribution in [0, 0.1) is 0 Å². The molecular formula is C32H19BrO. The van der Waals surface area contributed by atoms with Crippen molar-refractivity contribution in [1.29, 1.82) is 0 Å². The van der Waals surface area contributed by atoms with Crippen molar-refractivity contribution in [2.75, 3.05) is 0 Å². The number of rotatable bonds is 2. The molecule has 6 aromatic carbocycles. The van der Waals surface area contributed by atoms with E-state index in [9.17, 15) is 0 Å². The zero-order valence-electron chi connectivity index (χ0n) is 18.3. The lowest BCUT2D eigenvalue weighted by molar-refractivity contribution is 0.669. The van der Waals surface area contributed by atoms with E-state index in [0.29, 0.717) is 0 Å². The smallest absolute Gasteiger partial charge is 0.136 e. The molecule has 1 nitrogen and oxygen atoms in total. The van der Waals surface area contributed by atoms with Crippen LogP contribution < -0.4 is 0 Å². The van der Waals surface area contributed by atoms with Crippen molar-refractivity contribution in [3.8, 4) is 22.3 Å². The average Bonchev–Trinajstić information content (AvgIpc) is 3.27. The van der Waals surface area contributed by atoms with Crippen LogP contribution in [-0.4, -0.2) is 0 Å². The summed E-state index contributed by atoms with van der Waals surface area (Å²) in [5, 5.41) is 7.23. The molecule has 0 aliphatic carbocycles. The molecule has 0 saturated heterocycles. The minimum absolute atomic E-state index is 0.918. The maximum Gasteiger partial charge on any atom is 0.136 e. The van der Waals surface area contributed by atoms with Gasteiger partial charge in [-0.3, -0.25) is 0 Å². The zero-order chi connectivity index (χ0) is 22.6. The minimum Gasteiger partial charge on any atom is -0.456 e. The molecule has 0 N–H and O–H groups in total. The number of hydrogen-bond acceptors (Lipinski definition) is 1. The fourth-order valence-electron chi connectivity index (χ4n) is 5.13. The first kappa shape index (κ1) is 19.6. The SMILES string of the molecule is Brc1c2ccccc2c(-c2ccccc2)c2cc(-c3ccc4c(c3)oc3ccccc34)ccc12. The molecule has 34 heavy (non-hydrogen) atoms. The molecule has 7 aromatic rings. The van der Waals surface area contributed by atoms with Gasteiger partial charge >= 0.3 is 0 Å². The number of furan rings is 1. The Morgan fingerprint density at radius 1 is 0.412 bits per heavy atom. The molecular weight excluding hydrogens is 480 g/mol. The van der Waals surface area contributed by atoms with Crippen LogP contribution in [0.25, 0.3) is 65.7 Å². The summed E-state index contributed by atoms with van der Waals surface area (Å²) in [7, 11) is 0. The van der Waals surface area contributed by atoms with Crippen molar-refractivity contribution < 1.29 is 4.42 Å². The van der Waals surface area contributed by atoms with E-state index < -0.39 is 0 Å². The van der Waals surface area contributed by atoms with E-state index in [2.05, 4.69) is 119 Å². The average molecular weight is 499 g/mol. The summed E-state index contributed by atoms with van der Waals surface area (Å²) in [6.07, 6.45) is 0. The maximum absolute atomic E-state index is 6.16. The number of para-hydroxylation sites is 1. The molecule has 0 spiro atoms. The number of fused-ring (bicyclic) bond motifs is 5. The lowest BCUT2D eigenvalue weighted by Crippen LogP contribution is -1.88. The standard InChI is InChI=1S/C32H19BrO/c33-32-26-12-5-4-11-25(26)31(20-8-2-1-3-9-20)28-18-21(15-17-27(28)32)22-14-16-24-23-10-6-7-13-29(23)34-30(24)19-22/h1-19H. The highest BCUT2D eigenvalue weighted by Gasteiger charge is 2.15. The predicted octanol–water partition coefficient (Wildman–Crippen LogP) is 9.99. The van der Waals surface area contributed by atoms with Crippen LogP contribution in [-0.2, 0) is 0 Å². The Balaban J connectivity index is 1.52. The summed E-state index contributed by atoms with van der Waals surface area (Å²) >= 11 is 3.91. The predicted molar refractivity (Wildman–Crippen MR) is 147 cm³/mol. The van der Waals surface area contributed by atoms with Crippen molar-refractivity contribution in [2.45, 2.75) is 0 Å². The Kier molecular flexibility index (Phi) is 4.36. The molecule has 0 aliphatic heterocycles. The van der Waals surface area contributed by atoms with E-state index in [1.807, 2.05) is 12.1 Å². The van der Waals surface area contributed by atoms with Crippen LogP contribution in [0.3, 0.4) is 0 Å². The van der Waals surface area contributed by atoms with Gasteiger partial charge in [0, 0.05) is 15.2 Å². The molecule has 0 fully saturated rings. The van der Waals surface area contributed by atoms with E-state index in [1.54, 1.807) is 0 Å². The highest BCUT2D eigenvalue weighted by molar-refractivity contribution is 9.10. The highest BCUT2D eigenvalue weighted by Crippen LogP contribution is 2.43. The molecule has 0 unspecified atom stereocenters. The fourth-order valence-corrected chi connectivity index (χ4v) is 5.82. The van der Waals surface area contributed by atoms with Crippen LogP contribution >= 0.6 is 15.9 Å². The molecule has 0 radical (unpaired) electrons. The normalized spacial score (nSPS) is 11.7. The van der Waals surface area contributed by atoms with Crippen molar-refractivity contribution in [2.24, 2.45) is 0 Å². The highest BCUT2D eigenvalue weighted by atomic mass is 79.9. The maximum atomic E-state index is 6.16. The Morgan fingerprint density at radius 3 is 1.82 bits per heavy atom. The van der Waals surface area contributed by atoms with Crippen LogP contribution in [0.1, 0.15) is 0 Å². The molecule has 160 valence electrons. The van der Waals surface area contributed by atoms with E-state index in [1.165, 1.54) is 38.2 Å². The number of benzene rings is 6. The molecule has 0 bridgehead atoms.